The van der Waals surface area contributed by atoms with Crippen molar-refractivity contribution in [1.29, 1.82) is 0 Å². The van der Waals surface area contributed by atoms with Crippen LogP contribution < -0.4 is 4.90 Å². The number of methoxy groups -OCH3 is 2. The molecule has 0 unspecified atom stereocenters. The molecule has 0 heterocycles. The lowest BCUT2D eigenvalue weighted by Crippen LogP contribution is -2.24. The van der Waals surface area contributed by atoms with E-state index in [0.717, 1.165) is 22.4 Å². The van der Waals surface area contributed by atoms with E-state index in [1.165, 1.54) is 14.2 Å². The number of benzene rings is 3. The fourth-order valence-electron chi connectivity index (χ4n) is 3.43. The van der Waals surface area contributed by atoms with E-state index in [4.69, 9.17) is 9.47 Å². The standard InChI is InChI=1S/C25H25NO4/c1-18-14-21(24(27)29-2)22(25(28)30-3)15-23(18)26(16-19-10-6-4-7-11-19)17-20-12-8-5-9-13-20/h4-15H,16-17H2,1-3H3. The zero-order valence-corrected chi connectivity index (χ0v) is 17.4. The Morgan fingerprint density at radius 1 is 0.733 bits per heavy atom. The fourth-order valence-corrected chi connectivity index (χ4v) is 3.43. The number of ether oxygens (including phenoxy) is 2. The minimum absolute atomic E-state index is 0.191. The smallest absolute Gasteiger partial charge is 0.338 e. The molecular formula is C25H25NO4. The number of hydrogen-bond acceptors (Lipinski definition) is 5. The molecule has 30 heavy (non-hydrogen) atoms. The number of anilines is 1. The van der Waals surface area contributed by atoms with E-state index in [-0.39, 0.29) is 11.1 Å². The summed E-state index contributed by atoms with van der Waals surface area (Å²) >= 11 is 0. The molecule has 0 aliphatic carbocycles. The van der Waals surface area contributed by atoms with Crippen LogP contribution in [0.25, 0.3) is 0 Å². The van der Waals surface area contributed by atoms with Crippen molar-refractivity contribution in [2.24, 2.45) is 0 Å². The highest BCUT2D eigenvalue weighted by atomic mass is 16.5. The van der Waals surface area contributed by atoms with Crippen LogP contribution in [0.2, 0.25) is 0 Å². The summed E-state index contributed by atoms with van der Waals surface area (Å²) in [5, 5.41) is 0. The monoisotopic (exact) mass is 403 g/mol. The van der Waals surface area contributed by atoms with Crippen molar-refractivity contribution >= 4 is 17.6 Å². The Bertz CT molecular complexity index is 975. The van der Waals surface area contributed by atoms with Crippen molar-refractivity contribution in [3.05, 3.63) is 101 Å². The molecule has 154 valence electrons. The maximum absolute atomic E-state index is 12.4. The second-order valence-electron chi connectivity index (χ2n) is 6.99. The summed E-state index contributed by atoms with van der Waals surface area (Å²) in [5.41, 5.74) is 4.40. The van der Waals surface area contributed by atoms with Crippen molar-refractivity contribution in [3.63, 3.8) is 0 Å². The molecule has 0 radical (unpaired) electrons. The molecule has 0 aliphatic rings. The number of esters is 2. The molecule has 0 atom stereocenters. The summed E-state index contributed by atoms with van der Waals surface area (Å²) in [6.45, 7) is 3.22. The first-order chi connectivity index (χ1) is 14.5. The molecule has 0 fully saturated rings. The number of carbonyl (C=O) groups excluding carboxylic acids is 2. The van der Waals surface area contributed by atoms with Crippen LogP contribution in [0.3, 0.4) is 0 Å². The predicted molar refractivity (Wildman–Crippen MR) is 117 cm³/mol. The largest absolute Gasteiger partial charge is 0.465 e. The third-order valence-electron chi connectivity index (χ3n) is 4.92. The van der Waals surface area contributed by atoms with Gasteiger partial charge in [-0.2, -0.15) is 0 Å². The summed E-state index contributed by atoms with van der Waals surface area (Å²) in [7, 11) is 2.60. The molecule has 3 rings (SSSR count). The van der Waals surface area contributed by atoms with Crippen molar-refractivity contribution in [2.75, 3.05) is 19.1 Å². The van der Waals surface area contributed by atoms with Crippen LogP contribution in [0.4, 0.5) is 5.69 Å². The average Bonchev–Trinajstić information content (AvgIpc) is 2.78. The normalized spacial score (nSPS) is 10.4. The minimum atomic E-state index is -0.573. The van der Waals surface area contributed by atoms with Crippen LogP contribution in [-0.4, -0.2) is 26.2 Å². The average molecular weight is 403 g/mol. The number of hydrogen-bond donors (Lipinski definition) is 0. The molecular weight excluding hydrogens is 378 g/mol. The molecule has 5 nitrogen and oxygen atoms in total. The lowest BCUT2D eigenvalue weighted by molar-refractivity contribution is 0.0555. The summed E-state index contributed by atoms with van der Waals surface area (Å²) < 4.78 is 9.78. The molecule has 0 aliphatic heterocycles. The zero-order valence-electron chi connectivity index (χ0n) is 17.4. The van der Waals surface area contributed by atoms with Gasteiger partial charge in [0.15, 0.2) is 0 Å². The molecule has 0 saturated heterocycles. The first-order valence-electron chi connectivity index (χ1n) is 9.67. The van der Waals surface area contributed by atoms with Gasteiger partial charge in [0.2, 0.25) is 0 Å². The number of rotatable bonds is 7. The quantitative estimate of drug-likeness (QED) is 0.532. The van der Waals surface area contributed by atoms with E-state index in [1.807, 2.05) is 43.3 Å². The maximum atomic E-state index is 12.4. The molecule has 5 heteroatoms. The number of nitrogens with zero attached hydrogens (tertiary/aromatic N) is 1. The molecule has 3 aromatic rings. The summed E-state index contributed by atoms with van der Waals surface area (Å²) in [6, 6.07) is 23.7. The molecule has 0 aromatic heterocycles. The van der Waals surface area contributed by atoms with Crippen LogP contribution >= 0.6 is 0 Å². The van der Waals surface area contributed by atoms with Gasteiger partial charge in [-0.1, -0.05) is 60.7 Å². The summed E-state index contributed by atoms with van der Waals surface area (Å²) in [4.78, 5) is 26.8. The highest BCUT2D eigenvalue weighted by Crippen LogP contribution is 2.29. The Balaban J connectivity index is 2.09. The van der Waals surface area contributed by atoms with Crippen LogP contribution in [0.5, 0.6) is 0 Å². The Hall–Kier alpha value is -3.60. The Morgan fingerprint density at radius 2 is 1.17 bits per heavy atom. The molecule has 0 saturated carbocycles. The van der Waals surface area contributed by atoms with Gasteiger partial charge in [-0.3, -0.25) is 0 Å². The zero-order chi connectivity index (χ0) is 21.5. The van der Waals surface area contributed by atoms with E-state index >= 15 is 0 Å². The van der Waals surface area contributed by atoms with Crippen LogP contribution in [0, 0.1) is 6.92 Å². The molecule has 0 N–H and O–H groups in total. The SMILES string of the molecule is COC(=O)c1cc(C)c(N(Cc2ccccc2)Cc2ccccc2)cc1C(=O)OC. The highest BCUT2D eigenvalue weighted by Gasteiger charge is 2.23. The molecule has 0 spiro atoms. The van der Waals surface area contributed by atoms with E-state index < -0.39 is 11.9 Å². The van der Waals surface area contributed by atoms with Gasteiger partial charge in [-0.25, -0.2) is 9.59 Å². The van der Waals surface area contributed by atoms with Gasteiger partial charge in [0.1, 0.15) is 0 Å². The molecule has 3 aromatic carbocycles. The van der Waals surface area contributed by atoms with Gasteiger partial charge >= 0.3 is 11.9 Å². The Labute approximate surface area is 176 Å². The van der Waals surface area contributed by atoms with Crippen molar-refractivity contribution in [2.45, 2.75) is 20.0 Å². The van der Waals surface area contributed by atoms with Crippen molar-refractivity contribution in [1.82, 2.24) is 0 Å². The molecule has 0 amide bonds. The van der Waals surface area contributed by atoms with Crippen molar-refractivity contribution in [3.8, 4) is 0 Å². The first-order valence-corrected chi connectivity index (χ1v) is 9.67. The van der Waals surface area contributed by atoms with E-state index in [9.17, 15) is 9.59 Å². The van der Waals surface area contributed by atoms with E-state index in [1.54, 1.807) is 12.1 Å². The van der Waals surface area contributed by atoms with Gasteiger partial charge in [0, 0.05) is 18.8 Å². The first kappa shape index (κ1) is 21.1. The van der Waals surface area contributed by atoms with Gasteiger partial charge in [-0.15, -0.1) is 0 Å². The summed E-state index contributed by atoms with van der Waals surface area (Å²) in [6.07, 6.45) is 0. The number of aryl methyl sites for hydroxylation is 1. The fraction of sp³-hybridized carbons (Fsp3) is 0.200. The van der Waals surface area contributed by atoms with Crippen LogP contribution in [0.15, 0.2) is 72.8 Å². The van der Waals surface area contributed by atoms with Gasteiger partial charge < -0.3 is 14.4 Å². The third kappa shape index (κ3) is 4.87. The topological polar surface area (TPSA) is 55.8 Å². The number of carbonyl (C=O) groups is 2. The lowest BCUT2D eigenvalue weighted by Gasteiger charge is -2.28. The van der Waals surface area contributed by atoms with Crippen LogP contribution in [-0.2, 0) is 22.6 Å². The predicted octanol–water partition coefficient (Wildman–Crippen LogP) is 4.78. The minimum Gasteiger partial charge on any atom is -0.465 e. The second kappa shape index (κ2) is 9.74. The highest BCUT2D eigenvalue weighted by molar-refractivity contribution is 6.04. The van der Waals surface area contributed by atoms with Gasteiger partial charge in [-0.05, 0) is 35.7 Å². The Kier molecular flexibility index (Phi) is 6.86. The lowest BCUT2D eigenvalue weighted by atomic mass is 10.0. The Morgan fingerprint density at radius 3 is 1.60 bits per heavy atom. The van der Waals surface area contributed by atoms with Crippen LogP contribution in [0.1, 0.15) is 37.4 Å². The van der Waals surface area contributed by atoms with E-state index in [0.29, 0.717) is 13.1 Å². The van der Waals surface area contributed by atoms with Crippen molar-refractivity contribution < 1.29 is 19.1 Å². The van der Waals surface area contributed by atoms with Gasteiger partial charge in [0.25, 0.3) is 0 Å². The summed E-state index contributed by atoms with van der Waals surface area (Å²) in [5.74, 6) is -1.14. The van der Waals surface area contributed by atoms with Gasteiger partial charge in [0.05, 0.1) is 25.3 Å². The maximum Gasteiger partial charge on any atom is 0.338 e. The molecule has 0 bridgehead atoms. The second-order valence-corrected chi connectivity index (χ2v) is 6.99. The van der Waals surface area contributed by atoms with E-state index in [2.05, 4.69) is 29.2 Å². The third-order valence-corrected chi connectivity index (χ3v) is 4.92.